The zero-order chi connectivity index (χ0) is 12.2. The molecular formula is C7H5F3N4O2. The van der Waals surface area contributed by atoms with E-state index < -0.39 is 12.1 Å². The second kappa shape index (κ2) is 4.55. The summed E-state index contributed by atoms with van der Waals surface area (Å²) in [6.45, 7) is 0. The third kappa shape index (κ3) is 3.19. The first kappa shape index (κ1) is 11.9. The monoisotopic (exact) mass is 234 g/mol. The number of carbonyl (C=O) groups is 1. The Labute approximate surface area is 86.4 Å². The summed E-state index contributed by atoms with van der Waals surface area (Å²) in [5.41, 5.74) is 0. The number of aromatic amines is 1. The van der Waals surface area contributed by atoms with Crippen molar-refractivity contribution in [1.82, 2.24) is 15.1 Å². The molecule has 0 unspecified atom stereocenters. The maximum atomic E-state index is 10.5. The predicted octanol–water partition coefficient (Wildman–Crippen LogP) is -1.16. The van der Waals surface area contributed by atoms with E-state index in [1.54, 1.807) is 17.0 Å². The van der Waals surface area contributed by atoms with Gasteiger partial charge in [0.1, 0.15) is 12.2 Å². The lowest BCUT2D eigenvalue weighted by Gasteiger charge is -2.03. The molecule has 0 fully saturated rings. The molecule has 0 aromatic carbocycles. The van der Waals surface area contributed by atoms with E-state index in [1.807, 2.05) is 12.3 Å². The van der Waals surface area contributed by atoms with Crippen LogP contribution in [0, 0.1) is 0 Å². The van der Waals surface area contributed by atoms with Gasteiger partial charge in [-0.05, 0) is 0 Å². The van der Waals surface area contributed by atoms with Crippen LogP contribution < -0.4 is 9.62 Å². The van der Waals surface area contributed by atoms with Crippen molar-refractivity contribution in [3.8, 4) is 0 Å². The number of alkyl halides is 3. The highest BCUT2D eigenvalue weighted by Crippen LogP contribution is 2.11. The van der Waals surface area contributed by atoms with E-state index >= 15 is 0 Å². The van der Waals surface area contributed by atoms with Crippen LogP contribution in [-0.4, -0.2) is 27.2 Å². The second-order valence-electron chi connectivity index (χ2n) is 2.46. The van der Waals surface area contributed by atoms with Crippen molar-refractivity contribution in [3.05, 3.63) is 24.8 Å². The standard InChI is InChI=1S/C5H4N4.C2HF3O2/c1-2-6-5-7-4-8-9(5)3-1;3-2(4,5)1(6)7/h1-4H;(H,6,7). The predicted molar refractivity (Wildman–Crippen MR) is 40.6 cm³/mol. The molecule has 0 radical (unpaired) electrons. The molecule has 2 rings (SSSR count). The molecule has 0 spiro atoms. The third-order valence-corrected chi connectivity index (χ3v) is 1.33. The lowest BCUT2D eigenvalue weighted by molar-refractivity contribution is -0.579. The van der Waals surface area contributed by atoms with Crippen LogP contribution in [0.25, 0.3) is 5.78 Å². The van der Waals surface area contributed by atoms with Crippen LogP contribution in [0.2, 0.25) is 0 Å². The average molecular weight is 234 g/mol. The van der Waals surface area contributed by atoms with Crippen LogP contribution >= 0.6 is 0 Å². The number of aliphatic carboxylic acids is 1. The van der Waals surface area contributed by atoms with E-state index in [4.69, 9.17) is 9.90 Å². The number of carbonyl (C=O) groups excluding carboxylic acids is 1. The number of hydrogen-bond donors (Lipinski definition) is 1. The first-order valence-electron chi connectivity index (χ1n) is 3.85. The summed E-state index contributed by atoms with van der Waals surface area (Å²) in [6, 6.07) is 1.84. The highest BCUT2D eigenvalue weighted by atomic mass is 19.4. The van der Waals surface area contributed by atoms with E-state index in [2.05, 4.69) is 15.1 Å². The van der Waals surface area contributed by atoms with Crippen LogP contribution in [0.5, 0.6) is 0 Å². The molecule has 0 amide bonds. The van der Waals surface area contributed by atoms with Crippen LogP contribution in [0.15, 0.2) is 24.8 Å². The number of rotatable bonds is 0. The Kier molecular flexibility index (Phi) is 3.38. The molecule has 2 aromatic rings. The van der Waals surface area contributed by atoms with Gasteiger partial charge in [-0.2, -0.15) is 13.2 Å². The number of halogens is 3. The lowest BCUT2D eigenvalue weighted by atomic mass is 10.7. The van der Waals surface area contributed by atoms with Crippen molar-refractivity contribution < 1.29 is 27.6 Å². The van der Waals surface area contributed by atoms with E-state index in [-0.39, 0.29) is 0 Å². The zero-order valence-corrected chi connectivity index (χ0v) is 7.60. The van der Waals surface area contributed by atoms with Gasteiger partial charge in [-0.25, -0.2) is 5.10 Å². The number of carboxylic acid groups (broad SMARTS) is 1. The molecule has 6 nitrogen and oxygen atoms in total. The molecule has 0 aliphatic heterocycles. The fraction of sp³-hybridized carbons (Fsp3) is 0.143. The summed E-state index contributed by atoms with van der Waals surface area (Å²) in [4.78, 5) is 16.7. The topological polar surface area (TPSA) is 85.8 Å². The Morgan fingerprint density at radius 1 is 1.44 bits per heavy atom. The molecule has 2 heterocycles. The average Bonchev–Trinajstić information content (AvgIpc) is 2.64. The van der Waals surface area contributed by atoms with E-state index in [9.17, 15) is 13.2 Å². The fourth-order valence-corrected chi connectivity index (χ4v) is 0.708. The molecule has 0 aliphatic carbocycles. The number of fused-ring (bicyclic) bond motifs is 1. The summed E-state index contributed by atoms with van der Waals surface area (Å²) >= 11 is 0. The van der Waals surface area contributed by atoms with E-state index in [1.165, 1.54) is 0 Å². The Morgan fingerprint density at radius 3 is 2.56 bits per heavy atom. The van der Waals surface area contributed by atoms with Gasteiger partial charge in [0.25, 0.3) is 0 Å². The van der Waals surface area contributed by atoms with Crippen molar-refractivity contribution >= 4 is 11.7 Å². The SMILES string of the molecule is O=C([O-])C(F)(F)F.c1cnc2nc[nH][n+]2c1. The molecular weight excluding hydrogens is 229 g/mol. The number of carboxylic acids is 1. The Morgan fingerprint density at radius 2 is 2.06 bits per heavy atom. The Balaban J connectivity index is 0.000000168. The van der Waals surface area contributed by atoms with Crippen molar-refractivity contribution in [2.75, 3.05) is 0 Å². The lowest BCUT2D eigenvalue weighted by Crippen LogP contribution is -2.37. The van der Waals surface area contributed by atoms with Crippen LogP contribution in [0.1, 0.15) is 0 Å². The molecule has 16 heavy (non-hydrogen) atoms. The van der Waals surface area contributed by atoms with Gasteiger partial charge in [-0.15, -0.1) is 4.52 Å². The summed E-state index contributed by atoms with van der Waals surface area (Å²) in [5, 5.41) is 11.6. The van der Waals surface area contributed by atoms with E-state index in [0.717, 1.165) is 0 Å². The Hall–Kier alpha value is -2.19. The maximum Gasteiger partial charge on any atom is 0.456 e. The van der Waals surface area contributed by atoms with Crippen molar-refractivity contribution in [2.24, 2.45) is 0 Å². The number of hydrogen-bond acceptors (Lipinski definition) is 4. The summed E-state index contributed by atoms with van der Waals surface area (Å²) in [7, 11) is 0. The quantitative estimate of drug-likeness (QED) is 0.583. The minimum absolute atomic E-state index is 0.692. The van der Waals surface area contributed by atoms with Gasteiger partial charge in [0.2, 0.25) is 0 Å². The van der Waals surface area contributed by atoms with Gasteiger partial charge in [0, 0.05) is 6.07 Å². The normalized spacial score (nSPS) is 10.7. The molecule has 0 bridgehead atoms. The number of nitrogens with one attached hydrogen (secondary N) is 1. The molecule has 0 saturated heterocycles. The van der Waals surface area contributed by atoms with Gasteiger partial charge in [-0.3, -0.25) is 0 Å². The van der Waals surface area contributed by atoms with Crippen molar-refractivity contribution in [1.29, 1.82) is 0 Å². The number of H-pyrrole nitrogens is 1. The number of nitrogens with zero attached hydrogens (tertiary/aromatic N) is 3. The molecule has 1 N–H and O–H groups in total. The molecule has 9 heteroatoms. The maximum absolute atomic E-state index is 10.5. The molecule has 0 saturated carbocycles. The first-order chi connectivity index (χ1) is 7.41. The highest BCUT2D eigenvalue weighted by Gasteiger charge is 2.28. The van der Waals surface area contributed by atoms with Crippen LogP contribution in [0.4, 0.5) is 13.2 Å². The minimum atomic E-state index is -5.19. The van der Waals surface area contributed by atoms with Gasteiger partial charge >= 0.3 is 12.0 Å². The van der Waals surface area contributed by atoms with Gasteiger partial charge in [0.15, 0.2) is 6.33 Å². The Bertz CT molecular complexity index is 451. The number of aromatic nitrogens is 4. The van der Waals surface area contributed by atoms with Crippen molar-refractivity contribution in [2.45, 2.75) is 6.18 Å². The van der Waals surface area contributed by atoms with Gasteiger partial charge in [0.05, 0.1) is 6.20 Å². The van der Waals surface area contributed by atoms with Gasteiger partial charge < -0.3 is 9.90 Å². The molecule has 2 aromatic heterocycles. The van der Waals surface area contributed by atoms with Crippen LogP contribution in [-0.2, 0) is 4.79 Å². The zero-order valence-electron chi connectivity index (χ0n) is 7.60. The second-order valence-corrected chi connectivity index (χ2v) is 2.46. The summed E-state index contributed by atoms with van der Waals surface area (Å²) in [5.74, 6) is -2.31. The highest BCUT2D eigenvalue weighted by molar-refractivity contribution is 5.70. The largest absolute Gasteiger partial charge is 0.542 e. The minimum Gasteiger partial charge on any atom is -0.542 e. The van der Waals surface area contributed by atoms with Crippen LogP contribution in [0.3, 0.4) is 0 Å². The van der Waals surface area contributed by atoms with Gasteiger partial charge in [-0.1, -0.05) is 9.97 Å². The first-order valence-corrected chi connectivity index (χ1v) is 3.85. The van der Waals surface area contributed by atoms with E-state index in [0.29, 0.717) is 5.78 Å². The fourth-order valence-electron chi connectivity index (χ4n) is 0.708. The third-order valence-electron chi connectivity index (χ3n) is 1.33. The molecule has 86 valence electrons. The molecule has 0 atom stereocenters. The summed E-state index contributed by atoms with van der Waals surface area (Å²) in [6.07, 6.45) is -0.0339. The van der Waals surface area contributed by atoms with Crippen molar-refractivity contribution in [3.63, 3.8) is 0 Å². The smallest absolute Gasteiger partial charge is 0.456 e. The molecule has 0 aliphatic rings. The summed E-state index contributed by atoms with van der Waals surface area (Å²) < 4.78 is 33.3.